The highest BCUT2D eigenvalue weighted by molar-refractivity contribution is 5.45. The lowest BCUT2D eigenvalue weighted by atomic mass is 9.84. The van der Waals surface area contributed by atoms with Crippen molar-refractivity contribution in [2.45, 2.75) is 58.6 Å². The van der Waals surface area contributed by atoms with E-state index < -0.39 is 0 Å². The van der Waals surface area contributed by atoms with Crippen LogP contribution in [0.15, 0.2) is 12.1 Å². The van der Waals surface area contributed by atoms with Crippen LogP contribution in [0.5, 0.6) is 5.75 Å². The van der Waals surface area contributed by atoms with Gasteiger partial charge in [0.05, 0.1) is 6.61 Å². The van der Waals surface area contributed by atoms with Crippen LogP contribution in [0.1, 0.15) is 49.8 Å². The van der Waals surface area contributed by atoms with Crippen LogP contribution < -0.4 is 0 Å². The molecule has 1 atom stereocenters. The van der Waals surface area contributed by atoms with E-state index in [1.165, 1.54) is 37.1 Å². The zero-order chi connectivity index (χ0) is 14.5. The van der Waals surface area contributed by atoms with Gasteiger partial charge in [-0.3, -0.25) is 0 Å². The van der Waals surface area contributed by atoms with E-state index in [1.54, 1.807) is 6.07 Å². The molecule has 1 aliphatic rings. The van der Waals surface area contributed by atoms with Gasteiger partial charge in [0.2, 0.25) is 0 Å². The summed E-state index contributed by atoms with van der Waals surface area (Å²) in [6, 6.07) is 4.38. The summed E-state index contributed by atoms with van der Waals surface area (Å²) in [5.74, 6) is 0.240. The number of hydrogen-bond acceptors (Lipinski definition) is 3. The second-order valence-corrected chi connectivity index (χ2v) is 5.79. The standard InChI is InChI=1S/C17H27NO2/c1-3-9-18(10-4-2)14-6-7-15-13(11-14)5-8-17(20)16(15)12-19/h5,8,14,19-20H,3-4,6-7,9-12H2,1-2H3. The van der Waals surface area contributed by atoms with Crippen molar-refractivity contribution in [2.24, 2.45) is 0 Å². The molecular formula is C17H27NO2. The topological polar surface area (TPSA) is 43.7 Å². The molecule has 0 aliphatic heterocycles. The molecule has 2 rings (SSSR count). The maximum absolute atomic E-state index is 9.84. The predicted octanol–water partition coefficient (Wildman–Crippen LogP) is 2.86. The fraction of sp³-hybridized carbons (Fsp3) is 0.647. The highest BCUT2D eigenvalue weighted by Gasteiger charge is 2.25. The molecule has 2 N–H and O–H groups in total. The van der Waals surface area contributed by atoms with Crippen molar-refractivity contribution >= 4 is 0 Å². The van der Waals surface area contributed by atoms with E-state index in [2.05, 4.69) is 18.7 Å². The molecule has 1 aromatic rings. The summed E-state index contributed by atoms with van der Waals surface area (Å²) in [6.07, 6.45) is 5.53. The molecule has 3 heteroatoms. The Morgan fingerprint density at radius 1 is 1.20 bits per heavy atom. The van der Waals surface area contributed by atoms with E-state index in [-0.39, 0.29) is 12.4 Å². The minimum absolute atomic E-state index is 0.0622. The summed E-state index contributed by atoms with van der Waals surface area (Å²) in [5, 5.41) is 19.3. The molecule has 3 nitrogen and oxygen atoms in total. The lowest BCUT2D eigenvalue weighted by Crippen LogP contribution is -2.40. The van der Waals surface area contributed by atoms with Gasteiger partial charge in [0.25, 0.3) is 0 Å². The fourth-order valence-corrected chi connectivity index (χ4v) is 3.44. The SMILES string of the molecule is CCCN(CCC)C1CCc2c(ccc(O)c2CO)C1. The number of aliphatic hydroxyl groups excluding tert-OH is 1. The van der Waals surface area contributed by atoms with Gasteiger partial charge in [-0.15, -0.1) is 0 Å². The van der Waals surface area contributed by atoms with E-state index in [1.807, 2.05) is 6.07 Å². The van der Waals surface area contributed by atoms with Gasteiger partial charge in [0.15, 0.2) is 0 Å². The Morgan fingerprint density at radius 3 is 2.50 bits per heavy atom. The van der Waals surface area contributed by atoms with Crippen molar-refractivity contribution in [1.82, 2.24) is 4.90 Å². The quantitative estimate of drug-likeness (QED) is 0.840. The molecule has 0 amide bonds. The molecule has 0 saturated carbocycles. The van der Waals surface area contributed by atoms with Crippen LogP contribution in [0.25, 0.3) is 0 Å². The Labute approximate surface area is 122 Å². The van der Waals surface area contributed by atoms with E-state index in [4.69, 9.17) is 0 Å². The van der Waals surface area contributed by atoms with Gasteiger partial charge in [-0.05, 0) is 62.4 Å². The van der Waals surface area contributed by atoms with Crippen molar-refractivity contribution in [3.8, 4) is 5.75 Å². The van der Waals surface area contributed by atoms with Gasteiger partial charge in [-0.1, -0.05) is 19.9 Å². The maximum Gasteiger partial charge on any atom is 0.121 e. The van der Waals surface area contributed by atoms with Crippen LogP contribution in [0, 0.1) is 0 Å². The molecule has 20 heavy (non-hydrogen) atoms. The summed E-state index contributed by atoms with van der Waals surface area (Å²) in [5.41, 5.74) is 3.22. The zero-order valence-electron chi connectivity index (χ0n) is 12.7. The molecule has 0 heterocycles. The number of nitrogens with zero attached hydrogens (tertiary/aromatic N) is 1. The number of benzene rings is 1. The molecule has 0 aromatic heterocycles. The monoisotopic (exact) mass is 277 g/mol. The van der Waals surface area contributed by atoms with Crippen LogP contribution in [-0.2, 0) is 19.4 Å². The van der Waals surface area contributed by atoms with Gasteiger partial charge in [0.1, 0.15) is 5.75 Å². The summed E-state index contributed by atoms with van der Waals surface area (Å²) in [7, 11) is 0. The number of phenols is 1. The Morgan fingerprint density at radius 2 is 1.90 bits per heavy atom. The van der Waals surface area contributed by atoms with Crippen LogP contribution in [0.4, 0.5) is 0 Å². The Kier molecular flexibility index (Phi) is 5.44. The molecule has 1 unspecified atom stereocenters. The minimum atomic E-state index is -0.0622. The minimum Gasteiger partial charge on any atom is -0.508 e. The molecule has 112 valence electrons. The van der Waals surface area contributed by atoms with Crippen molar-refractivity contribution < 1.29 is 10.2 Å². The maximum atomic E-state index is 9.84. The molecule has 1 aromatic carbocycles. The average Bonchev–Trinajstić information content (AvgIpc) is 2.46. The summed E-state index contributed by atoms with van der Waals surface area (Å²) >= 11 is 0. The van der Waals surface area contributed by atoms with Crippen molar-refractivity contribution in [2.75, 3.05) is 13.1 Å². The van der Waals surface area contributed by atoms with Gasteiger partial charge in [-0.2, -0.15) is 0 Å². The third-order valence-corrected chi connectivity index (χ3v) is 4.38. The third kappa shape index (κ3) is 3.15. The smallest absolute Gasteiger partial charge is 0.121 e. The van der Waals surface area contributed by atoms with E-state index in [0.29, 0.717) is 6.04 Å². The molecule has 0 radical (unpaired) electrons. The summed E-state index contributed by atoms with van der Waals surface area (Å²) in [6.45, 7) is 6.74. The van der Waals surface area contributed by atoms with Gasteiger partial charge in [-0.25, -0.2) is 0 Å². The fourth-order valence-electron chi connectivity index (χ4n) is 3.44. The average molecular weight is 277 g/mol. The van der Waals surface area contributed by atoms with Crippen LogP contribution in [0.2, 0.25) is 0 Å². The van der Waals surface area contributed by atoms with E-state index in [9.17, 15) is 10.2 Å². The normalized spacial score (nSPS) is 18.3. The largest absolute Gasteiger partial charge is 0.508 e. The first-order valence-electron chi connectivity index (χ1n) is 7.88. The number of rotatable bonds is 6. The van der Waals surface area contributed by atoms with Gasteiger partial charge in [0, 0.05) is 11.6 Å². The molecule has 0 bridgehead atoms. The van der Waals surface area contributed by atoms with Crippen molar-refractivity contribution in [3.63, 3.8) is 0 Å². The molecule has 1 aliphatic carbocycles. The highest BCUT2D eigenvalue weighted by Crippen LogP contribution is 2.32. The zero-order valence-corrected chi connectivity index (χ0v) is 12.7. The Hall–Kier alpha value is -1.06. The molecule has 0 spiro atoms. The van der Waals surface area contributed by atoms with Crippen molar-refractivity contribution in [3.05, 3.63) is 28.8 Å². The van der Waals surface area contributed by atoms with Crippen LogP contribution >= 0.6 is 0 Å². The van der Waals surface area contributed by atoms with Gasteiger partial charge >= 0.3 is 0 Å². The first-order valence-corrected chi connectivity index (χ1v) is 7.88. The highest BCUT2D eigenvalue weighted by atomic mass is 16.3. The van der Waals surface area contributed by atoms with Crippen LogP contribution in [0.3, 0.4) is 0 Å². The number of aromatic hydroxyl groups is 1. The lowest BCUT2D eigenvalue weighted by Gasteiger charge is -2.35. The predicted molar refractivity (Wildman–Crippen MR) is 82.0 cm³/mol. The summed E-state index contributed by atoms with van der Waals surface area (Å²) < 4.78 is 0. The van der Waals surface area contributed by atoms with Crippen molar-refractivity contribution in [1.29, 1.82) is 0 Å². The number of fused-ring (bicyclic) bond motifs is 1. The van der Waals surface area contributed by atoms with Gasteiger partial charge < -0.3 is 15.1 Å². The second-order valence-electron chi connectivity index (χ2n) is 5.79. The lowest BCUT2D eigenvalue weighted by molar-refractivity contribution is 0.179. The Bertz CT molecular complexity index is 439. The van der Waals surface area contributed by atoms with E-state index >= 15 is 0 Å². The second kappa shape index (κ2) is 7.09. The van der Waals surface area contributed by atoms with E-state index in [0.717, 1.165) is 24.8 Å². The Balaban J connectivity index is 2.18. The first-order chi connectivity index (χ1) is 9.71. The molecule has 0 saturated heterocycles. The summed E-state index contributed by atoms with van der Waals surface area (Å²) in [4.78, 5) is 2.61. The number of hydrogen-bond donors (Lipinski definition) is 2. The molecular weight excluding hydrogens is 250 g/mol. The van der Waals surface area contributed by atoms with Crippen LogP contribution in [-0.4, -0.2) is 34.2 Å². The first kappa shape index (κ1) is 15.3. The third-order valence-electron chi connectivity index (χ3n) is 4.38. The molecule has 0 fully saturated rings. The number of aliphatic hydroxyl groups is 1.